The van der Waals surface area contributed by atoms with Crippen molar-refractivity contribution in [2.24, 2.45) is 4.99 Å². The molecule has 1 aliphatic heterocycles. The molecule has 1 aliphatic rings. The smallest absolute Gasteiger partial charge is 0.338 e. The van der Waals surface area contributed by atoms with Gasteiger partial charge in [0.05, 0.1) is 40.1 Å². The molecule has 0 radical (unpaired) electrons. The monoisotopic (exact) mass is 802 g/mol. The third-order valence-corrected chi connectivity index (χ3v) is 9.23. The molecule has 5 rings (SSSR count). The van der Waals surface area contributed by atoms with E-state index in [2.05, 4.69) is 43.5 Å². The van der Waals surface area contributed by atoms with Gasteiger partial charge in [0.25, 0.3) is 5.56 Å². The zero-order valence-corrected chi connectivity index (χ0v) is 30.0. The van der Waals surface area contributed by atoms with E-state index in [1.54, 1.807) is 31.6 Å². The zero-order valence-electron chi connectivity index (χ0n) is 25.4. The molecule has 0 bridgehead atoms. The highest BCUT2D eigenvalue weighted by atomic mass is 127. The lowest BCUT2D eigenvalue weighted by molar-refractivity contribution is -0.139. The maximum atomic E-state index is 14.2. The van der Waals surface area contributed by atoms with Gasteiger partial charge >= 0.3 is 5.97 Å². The van der Waals surface area contributed by atoms with Gasteiger partial charge in [0.2, 0.25) is 0 Å². The summed E-state index contributed by atoms with van der Waals surface area (Å²) in [4.78, 5) is 32.6. The average Bonchev–Trinajstić information content (AvgIpc) is 3.30. The molecule has 0 saturated carbocycles. The van der Waals surface area contributed by atoms with Crippen LogP contribution in [0.1, 0.15) is 50.4 Å². The van der Waals surface area contributed by atoms with Gasteiger partial charge in [-0.1, -0.05) is 41.7 Å². The van der Waals surface area contributed by atoms with E-state index >= 15 is 0 Å². The Hall–Kier alpha value is -3.42. The maximum absolute atomic E-state index is 14.2. The lowest BCUT2D eigenvalue weighted by Gasteiger charge is -2.26. The molecule has 0 spiro atoms. The fraction of sp³-hybridized carbons (Fsp3) is 0.265. The molecule has 0 N–H and O–H groups in total. The lowest BCUT2D eigenvalue weighted by atomic mass is 9.95. The van der Waals surface area contributed by atoms with Crippen LogP contribution < -0.4 is 29.1 Å². The van der Waals surface area contributed by atoms with Crippen molar-refractivity contribution < 1.29 is 23.7 Å². The maximum Gasteiger partial charge on any atom is 0.338 e. The van der Waals surface area contributed by atoms with Crippen molar-refractivity contribution in [3.63, 3.8) is 0 Å². The van der Waals surface area contributed by atoms with Crippen molar-refractivity contribution in [1.29, 1.82) is 0 Å². The van der Waals surface area contributed by atoms with E-state index in [9.17, 15) is 9.59 Å². The van der Waals surface area contributed by atoms with Crippen LogP contribution in [-0.4, -0.2) is 30.4 Å². The van der Waals surface area contributed by atoms with Crippen molar-refractivity contribution in [3.8, 4) is 17.2 Å². The first-order valence-electron chi connectivity index (χ1n) is 14.3. The Morgan fingerprint density at radius 2 is 1.87 bits per heavy atom. The minimum atomic E-state index is -0.782. The number of allylic oxidation sites excluding steroid dienone is 1. The summed E-state index contributed by atoms with van der Waals surface area (Å²) in [7, 11) is 1.58. The molecule has 0 aliphatic carbocycles. The molecular formula is C34H32BrIN2O6S. The van der Waals surface area contributed by atoms with Crippen LogP contribution in [-0.2, 0) is 16.1 Å². The minimum absolute atomic E-state index is 0.116. The molecule has 4 aromatic rings. The van der Waals surface area contributed by atoms with Gasteiger partial charge < -0.3 is 18.9 Å². The number of thiazole rings is 1. The van der Waals surface area contributed by atoms with Crippen molar-refractivity contribution >= 4 is 61.9 Å². The standard InChI is InChI=1S/C34H32BrIN2O6S/c1-6-42-33(40)29-20(4)37-34-38(30(29)24-9-7-8-10-26(24)44-19(2)3)32(39)28(45-34)17-22-15-25(35)31(27(16-22)41-5)43-18-21-11-13-23(36)14-12-21/h7-17,19,30H,6,18H2,1-5H3/b28-17+/t30-/m1/s1. The van der Waals surface area contributed by atoms with Gasteiger partial charge in [0.1, 0.15) is 18.4 Å². The van der Waals surface area contributed by atoms with E-state index in [0.717, 1.165) is 14.7 Å². The van der Waals surface area contributed by atoms with Gasteiger partial charge in [-0.05, 0) is 114 Å². The Balaban J connectivity index is 1.60. The van der Waals surface area contributed by atoms with Crippen LogP contribution >= 0.6 is 49.9 Å². The van der Waals surface area contributed by atoms with E-state index in [1.807, 2.05) is 74.5 Å². The van der Waals surface area contributed by atoms with Gasteiger partial charge in [-0.15, -0.1) is 0 Å². The number of methoxy groups -OCH3 is 1. The zero-order chi connectivity index (χ0) is 32.2. The van der Waals surface area contributed by atoms with Crippen LogP contribution in [0.2, 0.25) is 0 Å². The van der Waals surface area contributed by atoms with Crippen LogP contribution in [0.5, 0.6) is 17.2 Å². The average molecular weight is 804 g/mol. The normalized spacial score (nSPS) is 14.7. The number of para-hydroxylation sites is 1. The minimum Gasteiger partial charge on any atom is -0.493 e. The number of aromatic nitrogens is 1. The van der Waals surface area contributed by atoms with Crippen LogP contribution in [0.15, 0.2) is 86.2 Å². The first-order valence-corrected chi connectivity index (χ1v) is 17.0. The molecule has 3 aromatic carbocycles. The second-order valence-electron chi connectivity index (χ2n) is 10.5. The molecule has 45 heavy (non-hydrogen) atoms. The number of nitrogens with zero attached hydrogens (tertiary/aromatic N) is 2. The Labute approximate surface area is 287 Å². The highest BCUT2D eigenvalue weighted by Gasteiger charge is 2.35. The molecule has 8 nitrogen and oxygen atoms in total. The SMILES string of the molecule is CCOC(=O)C1=C(C)N=c2s/c(=C/c3cc(Br)c(OCc4ccc(I)cc4)c(OC)c3)c(=O)n2[C@@H]1c1ccccc1OC(C)C. The van der Waals surface area contributed by atoms with E-state index < -0.39 is 12.0 Å². The number of carbonyl (C=O) groups excluding carboxylic acids is 1. The van der Waals surface area contributed by atoms with Gasteiger partial charge in [-0.2, -0.15) is 0 Å². The van der Waals surface area contributed by atoms with E-state index in [1.165, 1.54) is 11.3 Å². The Morgan fingerprint density at radius 1 is 1.13 bits per heavy atom. The molecule has 1 atom stereocenters. The Bertz CT molecular complexity index is 1950. The number of halogens is 2. The van der Waals surface area contributed by atoms with Gasteiger partial charge in [0.15, 0.2) is 16.3 Å². The Morgan fingerprint density at radius 3 is 2.56 bits per heavy atom. The molecular weight excluding hydrogens is 771 g/mol. The van der Waals surface area contributed by atoms with Gasteiger partial charge in [-0.3, -0.25) is 9.36 Å². The van der Waals surface area contributed by atoms with Crippen molar-refractivity contribution in [2.75, 3.05) is 13.7 Å². The molecule has 0 fully saturated rings. The second-order valence-corrected chi connectivity index (χ2v) is 13.6. The van der Waals surface area contributed by atoms with Gasteiger partial charge in [0, 0.05) is 9.13 Å². The number of carbonyl (C=O) groups is 1. The number of fused-ring (bicyclic) bond motifs is 1. The van der Waals surface area contributed by atoms with Crippen LogP contribution in [0.4, 0.5) is 0 Å². The predicted octanol–water partition coefficient (Wildman–Crippen LogP) is 6.54. The van der Waals surface area contributed by atoms with E-state index in [0.29, 0.717) is 54.5 Å². The lowest BCUT2D eigenvalue weighted by Crippen LogP contribution is -2.40. The summed E-state index contributed by atoms with van der Waals surface area (Å²) in [5, 5.41) is 0. The number of hydrogen-bond donors (Lipinski definition) is 0. The quantitative estimate of drug-likeness (QED) is 0.134. The summed E-state index contributed by atoms with van der Waals surface area (Å²) in [6.07, 6.45) is 1.67. The fourth-order valence-corrected chi connectivity index (χ4v) is 6.98. The first-order chi connectivity index (χ1) is 21.6. The predicted molar refractivity (Wildman–Crippen MR) is 187 cm³/mol. The third kappa shape index (κ3) is 7.20. The summed E-state index contributed by atoms with van der Waals surface area (Å²) in [5.41, 5.74) is 2.94. The number of ether oxygens (including phenoxy) is 4. The van der Waals surface area contributed by atoms with E-state index in [4.69, 9.17) is 18.9 Å². The Kier molecular flexibility index (Phi) is 10.5. The highest BCUT2D eigenvalue weighted by molar-refractivity contribution is 14.1. The van der Waals surface area contributed by atoms with Crippen molar-refractivity contribution in [1.82, 2.24) is 4.57 Å². The molecule has 2 heterocycles. The topological polar surface area (TPSA) is 88.4 Å². The van der Waals surface area contributed by atoms with Gasteiger partial charge in [-0.25, -0.2) is 9.79 Å². The molecule has 0 amide bonds. The number of benzene rings is 3. The summed E-state index contributed by atoms with van der Waals surface area (Å²) in [6, 6.07) is 18.5. The fourth-order valence-electron chi connectivity index (χ4n) is 5.00. The summed E-state index contributed by atoms with van der Waals surface area (Å²) in [5.74, 6) is 1.14. The van der Waals surface area contributed by atoms with Crippen molar-refractivity contribution in [3.05, 3.63) is 116 Å². The summed E-state index contributed by atoms with van der Waals surface area (Å²) < 4.78 is 27.2. The molecule has 0 saturated heterocycles. The van der Waals surface area contributed by atoms with Crippen molar-refractivity contribution in [2.45, 2.75) is 46.4 Å². The largest absolute Gasteiger partial charge is 0.493 e. The van der Waals surface area contributed by atoms with Crippen LogP contribution in [0.3, 0.4) is 0 Å². The summed E-state index contributed by atoms with van der Waals surface area (Å²) in [6.45, 7) is 7.94. The number of rotatable bonds is 10. The highest BCUT2D eigenvalue weighted by Crippen LogP contribution is 2.38. The molecule has 0 unspecified atom stereocenters. The van der Waals surface area contributed by atoms with E-state index in [-0.39, 0.29) is 18.3 Å². The summed E-state index contributed by atoms with van der Waals surface area (Å²) >= 11 is 7.15. The molecule has 1 aromatic heterocycles. The molecule has 11 heteroatoms. The first kappa shape index (κ1) is 33.0. The molecule has 234 valence electrons. The third-order valence-electron chi connectivity index (χ3n) is 6.94. The second kappa shape index (κ2) is 14.3. The van der Waals surface area contributed by atoms with Crippen LogP contribution in [0.25, 0.3) is 6.08 Å². The number of hydrogen-bond acceptors (Lipinski definition) is 8. The number of esters is 1. The van der Waals surface area contributed by atoms with Crippen LogP contribution in [0, 0.1) is 3.57 Å².